The Balaban J connectivity index is 1.80. The lowest BCUT2D eigenvalue weighted by Crippen LogP contribution is -2.36. The Hall–Kier alpha value is -3.23. The van der Waals surface area contributed by atoms with Crippen LogP contribution in [0.1, 0.15) is 18.1 Å². The first-order valence-corrected chi connectivity index (χ1v) is 11.3. The Morgan fingerprint density at radius 2 is 1.97 bits per heavy atom. The molecule has 2 aromatic carbocycles. The van der Waals surface area contributed by atoms with E-state index in [2.05, 4.69) is 11.9 Å². The number of rotatable bonds is 9. The molecule has 1 aliphatic rings. The van der Waals surface area contributed by atoms with Crippen molar-refractivity contribution in [3.8, 4) is 11.5 Å². The van der Waals surface area contributed by atoms with Crippen LogP contribution in [-0.2, 0) is 16.0 Å². The molecule has 9 heteroatoms. The van der Waals surface area contributed by atoms with Gasteiger partial charge in [-0.3, -0.25) is 19.3 Å². The second-order valence-electron chi connectivity index (χ2n) is 6.96. The number of nitrogens with zero attached hydrogens (tertiary/aromatic N) is 1. The molecular formula is C24H23ClN2O5S. The van der Waals surface area contributed by atoms with E-state index >= 15 is 0 Å². The summed E-state index contributed by atoms with van der Waals surface area (Å²) >= 11 is 6.62. The first kappa shape index (κ1) is 24.4. The molecule has 0 aromatic heterocycles. The predicted molar refractivity (Wildman–Crippen MR) is 131 cm³/mol. The number of nitrogens with one attached hydrogen (secondary N) is 1. The summed E-state index contributed by atoms with van der Waals surface area (Å²) < 4.78 is 11.2. The van der Waals surface area contributed by atoms with Gasteiger partial charge in [0.25, 0.3) is 11.1 Å². The number of halogens is 1. The predicted octanol–water partition coefficient (Wildman–Crippen LogP) is 5.15. The van der Waals surface area contributed by atoms with Gasteiger partial charge in [0.05, 0.1) is 18.6 Å². The Kier molecular flexibility index (Phi) is 8.19. The second kappa shape index (κ2) is 11.1. The summed E-state index contributed by atoms with van der Waals surface area (Å²) in [7, 11) is 1.56. The normalized spacial score (nSPS) is 14.5. The lowest BCUT2D eigenvalue weighted by atomic mass is 10.0. The van der Waals surface area contributed by atoms with E-state index < -0.39 is 17.1 Å². The van der Waals surface area contributed by atoms with Crippen LogP contribution in [0.15, 0.2) is 54.0 Å². The number of anilines is 1. The fourth-order valence-corrected chi connectivity index (χ4v) is 4.20. The van der Waals surface area contributed by atoms with Crippen molar-refractivity contribution >= 4 is 52.2 Å². The molecule has 33 heavy (non-hydrogen) atoms. The van der Waals surface area contributed by atoms with Crippen LogP contribution in [0.3, 0.4) is 0 Å². The number of carbonyl (C=O) groups excluding carboxylic acids is 3. The van der Waals surface area contributed by atoms with Gasteiger partial charge in [-0.1, -0.05) is 17.7 Å². The monoisotopic (exact) mass is 486 g/mol. The molecule has 0 aliphatic carbocycles. The minimum atomic E-state index is -0.532. The van der Waals surface area contributed by atoms with Gasteiger partial charge in [-0.15, -0.1) is 6.58 Å². The van der Waals surface area contributed by atoms with Gasteiger partial charge >= 0.3 is 0 Å². The maximum atomic E-state index is 12.8. The molecule has 1 N–H and O–H groups in total. The number of hydrogen-bond donors (Lipinski definition) is 1. The zero-order valence-corrected chi connectivity index (χ0v) is 19.8. The molecule has 3 rings (SSSR count). The van der Waals surface area contributed by atoms with E-state index in [0.29, 0.717) is 40.8 Å². The second-order valence-corrected chi connectivity index (χ2v) is 8.39. The largest absolute Gasteiger partial charge is 0.493 e. The number of carbonyl (C=O) groups is 3. The smallest absolute Gasteiger partial charge is 0.294 e. The first-order chi connectivity index (χ1) is 15.9. The van der Waals surface area contributed by atoms with Crippen LogP contribution < -0.4 is 14.8 Å². The van der Waals surface area contributed by atoms with Crippen LogP contribution in [0.2, 0.25) is 5.02 Å². The van der Waals surface area contributed by atoms with Gasteiger partial charge < -0.3 is 14.8 Å². The van der Waals surface area contributed by atoms with Gasteiger partial charge in [-0.2, -0.15) is 0 Å². The third-order valence-corrected chi connectivity index (χ3v) is 5.78. The Labute approximate surface area is 201 Å². The van der Waals surface area contributed by atoms with Crippen molar-refractivity contribution in [3.05, 3.63) is 70.1 Å². The molecule has 1 aliphatic heterocycles. The number of ether oxygens (including phenoxy) is 2. The van der Waals surface area contributed by atoms with Gasteiger partial charge in [-0.05, 0) is 73.1 Å². The molecule has 1 saturated heterocycles. The molecule has 1 fully saturated rings. The highest BCUT2D eigenvalue weighted by Gasteiger charge is 2.36. The fraction of sp³-hybridized carbons (Fsp3) is 0.208. The van der Waals surface area contributed by atoms with Crippen LogP contribution in [0.5, 0.6) is 11.5 Å². The van der Waals surface area contributed by atoms with Crippen LogP contribution in [0.25, 0.3) is 6.08 Å². The number of amides is 3. The Morgan fingerprint density at radius 3 is 2.61 bits per heavy atom. The van der Waals surface area contributed by atoms with Crippen molar-refractivity contribution < 1.29 is 23.9 Å². The standard InChI is InChI=1S/C24H23ClN2O5S/c1-4-6-16-11-15(12-19(32-5-2)22(16)31-3)13-20-23(29)27(24(30)33-20)14-21(28)26-18-9-7-17(25)8-10-18/h4,7-13H,1,5-6,14H2,2-3H3,(H,26,28)/b20-13+. The molecule has 0 bridgehead atoms. The van der Waals surface area contributed by atoms with E-state index in [1.807, 2.05) is 13.0 Å². The average molecular weight is 487 g/mol. The van der Waals surface area contributed by atoms with Crippen LogP contribution in [-0.4, -0.2) is 42.2 Å². The van der Waals surface area contributed by atoms with Crippen LogP contribution in [0, 0.1) is 0 Å². The Bertz CT molecular complexity index is 1110. The molecule has 172 valence electrons. The minimum Gasteiger partial charge on any atom is -0.493 e. The van der Waals surface area contributed by atoms with Crippen molar-refractivity contribution in [1.82, 2.24) is 4.90 Å². The number of allylic oxidation sites excluding steroid dienone is 1. The summed E-state index contributed by atoms with van der Waals surface area (Å²) in [6, 6.07) is 10.1. The minimum absolute atomic E-state index is 0.219. The fourth-order valence-electron chi connectivity index (χ4n) is 3.23. The molecule has 3 amide bonds. The molecular weight excluding hydrogens is 464 g/mol. The molecule has 0 saturated carbocycles. The zero-order valence-electron chi connectivity index (χ0n) is 18.2. The van der Waals surface area contributed by atoms with Gasteiger partial charge in [0, 0.05) is 16.3 Å². The number of imide groups is 1. The van der Waals surface area contributed by atoms with Crippen molar-refractivity contribution in [3.63, 3.8) is 0 Å². The molecule has 0 spiro atoms. The zero-order chi connectivity index (χ0) is 24.0. The maximum Gasteiger partial charge on any atom is 0.294 e. The molecule has 7 nitrogen and oxygen atoms in total. The third-order valence-electron chi connectivity index (χ3n) is 4.62. The number of hydrogen-bond acceptors (Lipinski definition) is 6. The van der Waals surface area contributed by atoms with Crippen LogP contribution in [0.4, 0.5) is 10.5 Å². The first-order valence-electron chi connectivity index (χ1n) is 10.1. The van der Waals surface area contributed by atoms with E-state index in [1.165, 1.54) is 0 Å². The summed E-state index contributed by atoms with van der Waals surface area (Å²) in [4.78, 5) is 38.8. The summed E-state index contributed by atoms with van der Waals surface area (Å²) in [6.45, 7) is 5.68. The number of thioether (sulfide) groups is 1. The highest BCUT2D eigenvalue weighted by atomic mass is 35.5. The van der Waals surface area contributed by atoms with Crippen molar-refractivity contribution in [2.45, 2.75) is 13.3 Å². The van der Waals surface area contributed by atoms with Crippen molar-refractivity contribution in [2.75, 3.05) is 25.6 Å². The SMILES string of the molecule is C=CCc1cc(/C=C2/SC(=O)N(CC(=O)Nc3ccc(Cl)cc3)C2=O)cc(OCC)c1OC. The van der Waals surface area contributed by atoms with Gasteiger partial charge in [-0.25, -0.2) is 0 Å². The van der Waals surface area contributed by atoms with E-state index in [0.717, 1.165) is 22.2 Å². The van der Waals surface area contributed by atoms with E-state index in [9.17, 15) is 14.4 Å². The molecule has 1 heterocycles. The quantitative estimate of drug-likeness (QED) is 0.389. The number of benzene rings is 2. The lowest BCUT2D eigenvalue weighted by Gasteiger charge is -2.14. The Morgan fingerprint density at radius 1 is 1.24 bits per heavy atom. The molecule has 0 atom stereocenters. The maximum absolute atomic E-state index is 12.8. The summed E-state index contributed by atoms with van der Waals surface area (Å²) in [6.07, 6.45) is 3.89. The molecule has 0 unspecified atom stereocenters. The van der Waals surface area contributed by atoms with E-state index in [4.69, 9.17) is 21.1 Å². The van der Waals surface area contributed by atoms with Crippen LogP contribution >= 0.6 is 23.4 Å². The van der Waals surface area contributed by atoms with Gasteiger partial charge in [0.2, 0.25) is 5.91 Å². The number of methoxy groups -OCH3 is 1. The molecule has 2 aromatic rings. The summed E-state index contributed by atoms with van der Waals surface area (Å²) in [5.74, 6) is 0.112. The highest BCUT2D eigenvalue weighted by Crippen LogP contribution is 2.37. The third kappa shape index (κ3) is 5.97. The van der Waals surface area contributed by atoms with Gasteiger partial charge in [0.1, 0.15) is 6.54 Å². The topological polar surface area (TPSA) is 84.9 Å². The van der Waals surface area contributed by atoms with Crippen molar-refractivity contribution in [1.29, 1.82) is 0 Å². The summed E-state index contributed by atoms with van der Waals surface area (Å²) in [5, 5.41) is 2.67. The van der Waals surface area contributed by atoms with E-state index in [-0.39, 0.29) is 11.4 Å². The summed E-state index contributed by atoms with van der Waals surface area (Å²) in [5.41, 5.74) is 2.03. The average Bonchev–Trinajstić information content (AvgIpc) is 3.03. The van der Waals surface area contributed by atoms with Crippen molar-refractivity contribution in [2.24, 2.45) is 0 Å². The lowest BCUT2D eigenvalue weighted by molar-refractivity contribution is -0.127. The van der Waals surface area contributed by atoms with E-state index in [1.54, 1.807) is 49.6 Å². The molecule has 0 radical (unpaired) electrons. The highest BCUT2D eigenvalue weighted by molar-refractivity contribution is 8.18. The van der Waals surface area contributed by atoms with Gasteiger partial charge in [0.15, 0.2) is 11.5 Å².